The minimum atomic E-state index is -1.17. The molecule has 0 aromatic carbocycles. The molecule has 2 aromatic rings. The molecular formula is C34H52N2O4Zn. The van der Waals surface area contributed by atoms with Gasteiger partial charge in [-0.25, -0.2) is 0 Å². The third-order valence-electron chi connectivity index (χ3n) is 7.27. The Labute approximate surface area is 261 Å². The average Bonchev–Trinajstić information content (AvgIpc) is 2.96. The SMILES string of the molecule is CCCCCCCCCCCc1cccnc1C(=O)[O-].CCCCCCCCCCCc1cccnc1C(=O)[O-].[Zn+2]. The van der Waals surface area contributed by atoms with Gasteiger partial charge in [-0.3, -0.25) is 9.97 Å². The van der Waals surface area contributed by atoms with Crippen LogP contribution in [0.4, 0.5) is 0 Å². The van der Waals surface area contributed by atoms with E-state index in [4.69, 9.17) is 0 Å². The van der Waals surface area contributed by atoms with Crippen LogP contribution in [0.2, 0.25) is 0 Å². The average molecular weight is 618 g/mol. The van der Waals surface area contributed by atoms with Gasteiger partial charge in [0.15, 0.2) is 0 Å². The molecule has 6 nitrogen and oxygen atoms in total. The number of carboxylic acid groups (broad SMARTS) is 2. The molecule has 0 aliphatic heterocycles. The van der Waals surface area contributed by atoms with Crippen LogP contribution in [-0.4, -0.2) is 21.9 Å². The van der Waals surface area contributed by atoms with Crippen LogP contribution >= 0.6 is 0 Å². The van der Waals surface area contributed by atoms with Gasteiger partial charge in [0, 0.05) is 12.4 Å². The fourth-order valence-electron chi connectivity index (χ4n) is 4.90. The van der Waals surface area contributed by atoms with Crippen LogP contribution in [0, 0.1) is 0 Å². The van der Waals surface area contributed by atoms with E-state index in [1.807, 2.05) is 12.1 Å². The summed E-state index contributed by atoms with van der Waals surface area (Å²) in [5, 5.41) is 21.8. The van der Waals surface area contributed by atoms with Crippen molar-refractivity contribution in [2.75, 3.05) is 0 Å². The second-order valence-electron chi connectivity index (χ2n) is 10.8. The van der Waals surface area contributed by atoms with Crippen LogP contribution in [0.5, 0.6) is 0 Å². The first-order valence-corrected chi connectivity index (χ1v) is 15.8. The maximum absolute atomic E-state index is 10.9. The fourth-order valence-corrected chi connectivity index (χ4v) is 4.90. The molecule has 0 saturated carbocycles. The van der Waals surface area contributed by atoms with Crippen molar-refractivity contribution < 1.29 is 39.3 Å². The predicted octanol–water partition coefficient (Wildman–Crippen LogP) is 7.03. The maximum Gasteiger partial charge on any atom is 2.00 e. The Kier molecular flexibility index (Phi) is 25.3. The number of carbonyl (C=O) groups is 2. The minimum Gasteiger partial charge on any atom is -0.543 e. The molecule has 0 aliphatic rings. The molecule has 0 amide bonds. The smallest absolute Gasteiger partial charge is 0.543 e. The van der Waals surface area contributed by atoms with Crippen molar-refractivity contribution in [3.63, 3.8) is 0 Å². The van der Waals surface area contributed by atoms with Gasteiger partial charge in [-0.1, -0.05) is 129 Å². The maximum atomic E-state index is 10.9. The second-order valence-corrected chi connectivity index (χ2v) is 10.8. The Morgan fingerprint density at radius 2 is 0.829 bits per heavy atom. The van der Waals surface area contributed by atoms with Crippen LogP contribution in [0.15, 0.2) is 36.7 Å². The normalized spacial score (nSPS) is 10.4. The summed E-state index contributed by atoms with van der Waals surface area (Å²) in [5.74, 6) is -2.34. The zero-order valence-electron chi connectivity index (χ0n) is 25.8. The Hall–Kier alpha value is -2.14. The van der Waals surface area contributed by atoms with Crippen LogP contribution in [0.3, 0.4) is 0 Å². The van der Waals surface area contributed by atoms with Crippen molar-refractivity contribution in [1.82, 2.24) is 9.97 Å². The number of rotatable bonds is 22. The summed E-state index contributed by atoms with van der Waals surface area (Å²) in [5.41, 5.74) is 1.81. The third-order valence-corrected chi connectivity index (χ3v) is 7.27. The van der Waals surface area contributed by atoms with E-state index in [1.165, 1.54) is 102 Å². The number of aromatic carboxylic acids is 2. The molecule has 0 spiro atoms. The van der Waals surface area contributed by atoms with Gasteiger partial charge in [0.1, 0.15) is 0 Å². The largest absolute Gasteiger partial charge is 2.00 e. The molecule has 2 heterocycles. The molecule has 0 aliphatic carbocycles. The zero-order valence-corrected chi connectivity index (χ0v) is 28.8. The quantitative estimate of drug-likeness (QED) is 0.104. The first kappa shape index (κ1) is 38.9. The van der Waals surface area contributed by atoms with E-state index in [-0.39, 0.29) is 30.9 Å². The Bertz CT molecular complexity index is 863. The summed E-state index contributed by atoms with van der Waals surface area (Å²) >= 11 is 0. The number of aromatic nitrogens is 2. The molecule has 224 valence electrons. The van der Waals surface area contributed by atoms with E-state index < -0.39 is 11.9 Å². The monoisotopic (exact) mass is 616 g/mol. The molecule has 0 fully saturated rings. The van der Waals surface area contributed by atoms with Gasteiger partial charge >= 0.3 is 19.5 Å². The van der Waals surface area contributed by atoms with Gasteiger partial charge in [-0.05, 0) is 48.9 Å². The van der Waals surface area contributed by atoms with Gasteiger partial charge in [-0.15, -0.1) is 0 Å². The molecule has 41 heavy (non-hydrogen) atoms. The number of nitrogens with zero attached hydrogens (tertiary/aromatic N) is 2. The van der Waals surface area contributed by atoms with Gasteiger partial charge < -0.3 is 19.8 Å². The van der Waals surface area contributed by atoms with Gasteiger partial charge in [-0.2, -0.15) is 0 Å². The van der Waals surface area contributed by atoms with E-state index in [0.717, 1.165) is 49.7 Å². The molecule has 0 N–H and O–H groups in total. The summed E-state index contributed by atoms with van der Waals surface area (Å²) in [7, 11) is 0. The second kappa shape index (κ2) is 26.7. The molecule has 0 saturated heterocycles. The molecule has 0 radical (unpaired) electrons. The van der Waals surface area contributed by atoms with Gasteiger partial charge in [0.2, 0.25) is 0 Å². The topological polar surface area (TPSA) is 106 Å². The number of hydrogen-bond acceptors (Lipinski definition) is 6. The first-order valence-electron chi connectivity index (χ1n) is 15.8. The molecule has 0 atom stereocenters. The summed E-state index contributed by atoms with van der Waals surface area (Å²) in [6.45, 7) is 4.47. The minimum absolute atomic E-state index is 0. The van der Waals surface area contributed by atoms with Crippen molar-refractivity contribution >= 4 is 11.9 Å². The van der Waals surface area contributed by atoms with Crippen molar-refractivity contribution in [3.8, 4) is 0 Å². The first-order chi connectivity index (χ1) is 19.5. The Morgan fingerprint density at radius 1 is 0.537 bits per heavy atom. The van der Waals surface area contributed by atoms with E-state index in [9.17, 15) is 19.8 Å². The van der Waals surface area contributed by atoms with Crippen LogP contribution in [0.25, 0.3) is 0 Å². The number of hydrogen-bond donors (Lipinski definition) is 0. The number of unbranched alkanes of at least 4 members (excludes halogenated alkanes) is 16. The molecule has 2 aromatic heterocycles. The predicted molar refractivity (Wildman–Crippen MR) is 159 cm³/mol. The van der Waals surface area contributed by atoms with E-state index in [2.05, 4.69) is 23.8 Å². The molecule has 7 heteroatoms. The van der Waals surface area contributed by atoms with Crippen molar-refractivity contribution in [2.24, 2.45) is 0 Å². The van der Waals surface area contributed by atoms with Crippen molar-refractivity contribution in [1.29, 1.82) is 0 Å². The van der Waals surface area contributed by atoms with E-state index in [0.29, 0.717) is 0 Å². The van der Waals surface area contributed by atoms with E-state index in [1.54, 1.807) is 12.1 Å². The van der Waals surface area contributed by atoms with Crippen molar-refractivity contribution in [2.45, 2.75) is 142 Å². The zero-order chi connectivity index (χ0) is 29.3. The Morgan fingerprint density at radius 3 is 1.12 bits per heavy atom. The molecule has 0 bridgehead atoms. The van der Waals surface area contributed by atoms with Crippen LogP contribution in [-0.2, 0) is 32.3 Å². The number of pyridine rings is 2. The fraction of sp³-hybridized carbons (Fsp3) is 0.647. The summed E-state index contributed by atoms with van der Waals surface area (Å²) in [6, 6.07) is 7.25. The standard InChI is InChI=1S/2C17H27NO2.Zn/c2*1-2-3-4-5-6-7-8-9-10-12-15-13-11-14-18-16(15)17(19)20;/h2*11,13-14H,2-10,12H2,1H3,(H,19,20);/q;;+2/p-2. The van der Waals surface area contributed by atoms with E-state index >= 15 is 0 Å². The molecule has 2 rings (SSSR count). The van der Waals surface area contributed by atoms with Crippen LogP contribution < -0.4 is 10.2 Å². The van der Waals surface area contributed by atoms with Gasteiger partial charge in [0.25, 0.3) is 0 Å². The summed E-state index contributed by atoms with van der Waals surface area (Å²) in [4.78, 5) is 29.6. The van der Waals surface area contributed by atoms with Crippen molar-refractivity contribution in [3.05, 3.63) is 59.2 Å². The summed E-state index contributed by atoms with van der Waals surface area (Å²) < 4.78 is 0. The number of carbonyl (C=O) groups excluding carboxylic acids is 2. The number of aryl methyl sites for hydroxylation is 2. The molecule has 0 unspecified atom stereocenters. The van der Waals surface area contributed by atoms with Crippen LogP contribution in [0.1, 0.15) is 162 Å². The Balaban J connectivity index is 0.000000762. The molecular weight excluding hydrogens is 566 g/mol. The third kappa shape index (κ3) is 19.6. The number of carboxylic acids is 2. The van der Waals surface area contributed by atoms with Gasteiger partial charge in [0.05, 0.1) is 23.3 Å². The summed E-state index contributed by atoms with van der Waals surface area (Å²) in [6.07, 6.45) is 27.4.